The summed E-state index contributed by atoms with van der Waals surface area (Å²) < 4.78 is 0. The average molecular weight is 261 g/mol. The van der Waals surface area contributed by atoms with Crippen molar-refractivity contribution in [3.05, 3.63) is 35.4 Å². The van der Waals surface area contributed by atoms with E-state index >= 15 is 0 Å². The number of rotatable bonds is 6. The van der Waals surface area contributed by atoms with Crippen LogP contribution in [0, 0.1) is 0 Å². The van der Waals surface area contributed by atoms with E-state index < -0.39 is 5.97 Å². The van der Waals surface area contributed by atoms with Gasteiger partial charge in [0.05, 0.1) is 6.54 Å². The van der Waals surface area contributed by atoms with Crippen LogP contribution in [0.5, 0.6) is 0 Å². The van der Waals surface area contributed by atoms with Crippen LogP contribution < -0.4 is 0 Å². The summed E-state index contributed by atoms with van der Waals surface area (Å²) in [5, 5.41) is 9.03. The van der Waals surface area contributed by atoms with Crippen LogP contribution in [0.25, 0.3) is 0 Å². The molecule has 0 heterocycles. The van der Waals surface area contributed by atoms with Crippen molar-refractivity contribution in [1.29, 1.82) is 0 Å². The molecule has 1 aromatic carbocycles. The average Bonchev–Trinajstić information content (AvgIpc) is 3.19. The van der Waals surface area contributed by atoms with Crippen LogP contribution in [0.1, 0.15) is 56.7 Å². The minimum atomic E-state index is -0.738. The first-order chi connectivity index (χ1) is 8.99. The largest absolute Gasteiger partial charge is 0.480 e. The molecule has 0 aromatic heterocycles. The molecule has 1 fully saturated rings. The molecule has 1 aliphatic rings. The summed E-state index contributed by atoms with van der Waals surface area (Å²) in [6.07, 6.45) is 2.25. The molecule has 0 amide bonds. The van der Waals surface area contributed by atoms with Gasteiger partial charge < -0.3 is 5.11 Å². The fourth-order valence-electron chi connectivity index (χ4n) is 2.50. The summed E-state index contributed by atoms with van der Waals surface area (Å²) in [4.78, 5) is 13.1. The third-order valence-corrected chi connectivity index (χ3v) is 3.92. The number of benzene rings is 1. The highest BCUT2D eigenvalue weighted by atomic mass is 16.4. The van der Waals surface area contributed by atoms with Crippen molar-refractivity contribution in [2.75, 3.05) is 6.54 Å². The van der Waals surface area contributed by atoms with E-state index in [1.165, 1.54) is 11.1 Å². The number of carboxylic acids is 1. The molecular weight excluding hydrogens is 238 g/mol. The van der Waals surface area contributed by atoms with Crippen molar-refractivity contribution in [2.45, 2.75) is 51.6 Å². The normalized spacial score (nSPS) is 16.9. The molecule has 2 rings (SSSR count). The molecule has 104 valence electrons. The first kappa shape index (κ1) is 14.1. The molecule has 0 radical (unpaired) electrons. The third-order valence-electron chi connectivity index (χ3n) is 3.92. The maximum absolute atomic E-state index is 11.0. The fraction of sp³-hybridized carbons (Fsp3) is 0.562. The second-order valence-corrected chi connectivity index (χ2v) is 5.79. The quantitative estimate of drug-likeness (QED) is 0.853. The van der Waals surface area contributed by atoms with Crippen molar-refractivity contribution in [3.63, 3.8) is 0 Å². The topological polar surface area (TPSA) is 40.5 Å². The van der Waals surface area contributed by atoms with Crippen molar-refractivity contribution < 1.29 is 9.90 Å². The van der Waals surface area contributed by atoms with E-state index in [0.29, 0.717) is 12.0 Å². The molecule has 1 atom stereocenters. The molecule has 0 saturated heterocycles. The van der Waals surface area contributed by atoms with Gasteiger partial charge >= 0.3 is 5.97 Å². The lowest BCUT2D eigenvalue weighted by Crippen LogP contribution is -2.34. The molecular formula is C16H23NO2. The fourth-order valence-corrected chi connectivity index (χ4v) is 2.50. The van der Waals surface area contributed by atoms with Crippen molar-refractivity contribution in [3.8, 4) is 0 Å². The summed E-state index contributed by atoms with van der Waals surface area (Å²) in [5.74, 6) is -0.208. The van der Waals surface area contributed by atoms with E-state index in [-0.39, 0.29) is 12.6 Å². The van der Waals surface area contributed by atoms with Gasteiger partial charge in [0.25, 0.3) is 0 Å². The van der Waals surface area contributed by atoms with E-state index in [0.717, 1.165) is 12.8 Å². The van der Waals surface area contributed by atoms with Crippen LogP contribution >= 0.6 is 0 Å². The summed E-state index contributed by atoms with van der Waals surface area (Å²) in [6, 6.07) is 9.21. The number of nitrogens with zero attached hydrogens (tertiary/aromatic N) is 1. The summed E-state index contributed by atoms with van der Waals surface area (Å²) >= 11 is 0. The zero-order chi connectivity index (χ0) is 14.0. The van der Waals surface area contributed by atoms with Gasteiger partial charge in [-0.2, -0.15) is 0 Å². The lowest BCUT2D eigenvalue weighted by Gasteiger charge is -2.28. The van der Waals surface area contributed by atoms with E-state index in [4.69, 9.17) is 5.11 Å². The Balaban J connectivity index is 2.11. The zero-order valence-electron chi connectivity index (χ0n) is 12.0. The van der Waals surface area contributed by atoms with Gasteiger partial charge in [-0.05, 0) is 36.8 Å². The first-order valence-corrected chi connectivity index (χ1v) is 7.06. The Bertz CT molecular complexity index is 435. The number of carbonyl (C=O) groups is 1. The summed E-state index contributed by atoms with van der Waals surface area (Å²) in [6.45, 7) is 6.60. The highest BCUT2D eigenvalue weighted by Crippen LogP contribution is 2.34. The van der Waals surface area contributed by atoms with E-state index in [2.05, 4.69) is 49.9 Å². The van der Waals surface area contributed by atoms with Crippen LogP contribution in [-0.2, 0) is 4.79 Å². The Morgan fingerprint density at radius 1 is 1.21 bits per heavy atom. The van der Waals surface area contributed by atoms with Crippen LogP contribution in [-0.4, -0.2) is 28.6 Å². The summed E-state index contributed by atoms with van der Waals surface area (Å²) in [5.41, 5.74) is 2.53. The molecule has 19 heavy (non-hydrogen) atoms. The highest BCUT2D eigenvalue weighted by molar-refractivity contribution is 5.69. The van der Waals surface area contributed by atoms with Crippen LogP contribution in [0.15, 0.2) is 24.3 Å². The molecule has 3 nitrogen and oxygen atoms in total. The number of carboxylic acid groups (broad SMARTS) is 1. The Hall–Kier alpha value is -1.35. The van der Waals surface area contributed by atoms with Gasteiger partial charge in [-0.15, -0.1) is 0 Å². The monoisotopic (exact) mass is 261 g/mol. The summed E-state index contributed by atoms with van der Waals surface area (Å²) in [7, 11) is 0. The standard InChI is InChI=1S/C16H23NO2/c1-11(2)13-4-6-14(7-5-13)12(3)17(10-16(18)19)15-8-9-15/h4-7,11-12,15H,8-10H2,1-3H3,(H,18,19). The van der Waals surface area contributed by atoms with Crippen molar-refractivity contribution >= 4 is 5.97 Å². The molecule has 1 unspecified atom stereocenters. The minimum Gasteiger partial charge on any atom is -0.480 e. The lowest BCUT2D eigenvalue weighted by atomic mass is 9.99. The smallest absolute Gasteiger partial charge is 0.317 e. The van der Waals surface area contributed by atoms with Crippen LogP contribution in [0.3, 0.4) is 0 Å². The lowest BCUT2D eigenvalue weighted by molar-refractivity contribution is -0.139. The molecule has 1 aromatic rings. The molecule has 1 aliphatic carbocycles. The Morgan fingerprint density at radius 3 is 2.16 bits per heavy atom. The molecule has 0 spiro atoms. The zero-order valence-corrected chi connectivity index (χ0v) is 12.0. The van der Waals surface area contributed by atoms with Gasteiger partial charge in [-0.1, -0.05) is 38.1 Å². The minimum absolute atomic E-state index is 0.137. The van der Waals surface area contributed by atoms with Crippen molar-refractivity contribution in [2.24, 2.45) is 0 Å². The predicted molar refractivity (Wildman–Crippen MR) is 76.3 cm³/mol. The Kier molecular flexibility index (Phi) is 4.25. The maximum Gasteiger partial charge on any atom is 0.317 e. The Morgan fingerprint density at radius 2 is 1.74 bits per heavy atom. The SMILES string of the molecule is CC(C)c1ccc(C(C)N(CC(=O)O)C2CC2)cc1. The molecule has 1 N–H and O–H groups in total. The van der Waals surface area contributed by atoms with E-state index in [1.807, 2.05) is 0 Å². The van der Waals surface area contributed by atoms with Gasteiger partial charge in [0.1, 0.15) is 0 Å². The van der Waals surface area contributed by atoms with E-state index in [9.17, 15) is 4.79 Å². The third kappa shape index (κ3) is 3.57. The Labute approximate surface area is 115 Å². The molecule has 0 bridgehead atoms. The molecule has 1 saturated carbocycles. The van der Waals surface area contributed by atoms with Crippen molar-refractivity contribution in [1.82, 2.24) is 4.90 Å². The molecule has 0 aliphatic heterocycles. The van der Waals surface area contributed by atoms with Gasteiger partial charge in [0, 0.05) is 12.1 Å². The van der Waals surface area contributed by atoms with E-state index in [1.54, 1.807) is 0 Å². The number of hydrogen-bond donors (Lipinski definition) is 1. The van der Waals surface area contributed by atoms with Crippen LogP contribution in [0.4, 0.5) is 0 Å². The highest BCUT2D eigenvalue weighted by Gasteiger charge is 2.33. The van der Waals surface area contributed by atoms with Gasteiger partial charge in [-0.25, -0.2) is 0 Å². The first-order valence-electron chi connectivity index (χ1n) is 7.06. The predicted octanol–water partition coefficient (Wildman–Crippen LogP) is 3.42. The van der Waals surface area contributed by atoms with Crippen LogP contribution in [0.2, 0.25) is 0 Å². The van der Waals surface area contributed by atoms with Gasteiger partial charge in [0.2, 0.25) is 0 Å². The number of aliphatic carboxylic acids is 1. The second kappa shape index (κ2) is 5.74. The van der Waals surface area contributed by atoms with Gasteiger partial charge in [0.15, 0.2) is 0 Å². The maximum atomic E-state index is 11.0. The second-order valence-electron chi connectivity index (χ2n) is 5.79. The van der Waals surface area contributed by atoms with Gasteiger partial charge in [-0.3, -0.25) is 9.69 Å². The molecule has 3 heteroatoms. The number of hydrogen-bond acceptors (Lipinski definition) is 2.